The fourth-order valence-electron chi connectivity index (χ4n) is 1.47. The lowest BCUT2D eigenvalue weighted by Crippen LogP contribution is -2.25. The Morgan fingerprint density at radius 3 is 2.40 bits per heavy atom. The number of nitrogens with one attached hydrogen (secondary N) is 2. The second-order valence-corrected chi connectivity index (χ2v) is 3.97. The summed E-state index contributed by atoms with van der Waals surface area (Å²) in [6.07, 6.45) is -1.05. The molecular formula is C13H21N3O4. The quantitative estimate of drug-likeness (QED) is 0.377. The van der Waals surface area contributed by atoms with Crippen LogP contribution in [-0.2, 0) is 9.47 Å². The Kier molecular flexibility index (Phi) is 7.93. The summed E-state index contributed by atoms with van der Waals surface area (Å²) >= 11 is 0. The maximum Gasteiger partial charge on any atom is 0.404 e. The monoisotopic (exact) mass is 283 g/mol. The van der Waals surface area contributed by atoms with E-state index in [1.807, 2.05) is 24.3 Å². The SMILES string of the molecule is Nc1ccccc1NCCOCCOCCNC(=O)O. The summed E-state index contributed by atoms with van der Waals surface area (Å²) in [5.74, 6) is 0. The van der Waals surface area contributed by atoms with Crippen molar-refractivity contribution >= 4 is 17.5 Å². The maximum absolute atomic E-state index is 10.1. The molecule has 0 fully saturated rings. The molecule has 0 radical (unpaired) electrons. The van der Waals surface area contributed by atoms with Crippen LogP contribution in [-0.4, -0.2) is 50.7 Å². The van der Waals surface area contributed by atoms with Crippen molar-refractivity contribution in [2.24, 2.45) is 0 Å². The number of amides is 1. The first-order valence-corrected chi connectivity index (χ1v) is 6.41. The molecule has 0 saturated carbocycles. The summed E-state index contributed by atoms with van der Waals surface area (Å²) in [6, 6.07) is 7.54. The predicted octanol–water partition coefficient (Wildman–Crippen LogP) is 0.981. The van der Waals surface area contributed by atoms with Gasteiger partial charge in [-0.1, -0.05) is 12.1 Å². The predicted molar refractivity (Wildman–Crippen MR) is 77.0 cm³/mol. The smallest absolute Gasteiger partial charge is 0.404 e. The van der Waals surface area contributed by atoms with Gasteiger partial charge in [0, 0.05) is 13.1 Å². The van der Waals surface area contributed by atoms with Gasteiger partial charge in [-0.15, -0.1) is 0 Å². The average molecular weight is 283 g/mol. The number of anilines is 2. The molecule has 1 aromatic carbocycles. The Labute approximate surface area is 118 Å². The van der Waals surface area contributed by atoms with Gasteiger partial charge in [0.2, 0.25) is 0 Å². The van der Waals surface area contributed by atoms with Crippen molar-refractivity contribution in [1.82, 2.24) is 5.32 Å². The summed E-state index contributed by atoms with van der Waals surface area (Å²) < 4.78 is 10.5. The first-order chi connectivity index (χ1) is 9.70. The number of ether oxygens (including phenoxy) is 2. The van der Waals surface area contributed by atoms with Crippen molar-refractivity contribution in [2.75, 3.05) is 50.6 Å². The molecule has 1 rings (SSSR count). The lowest BCUT2D eigenvalue weighted by Gasteiger charge is -2.09. The molecule has 1 aromatic rings. The molecule has 20 heavy (non-hydrogen) atoms. The molecular weight excluding hydrogens is 262 g/mol. The first-order valence-electron chi connectivity index (χ1n) is 6.41. The van der Waals surface area contributed by atoms with Crippen molar-refractivity contribution in [1.29, 1.82) is 0 Å². The van der Waals surface area contributed by atoms with Gasteiger partial charge >= 0.3 is 6.09 Å². The van der Waals surface area contributed by atoms with Crippen LogP contribution in [0.1, 0.15) is 0 Å². The van der Waals surface area contributed by atoms with Gasteiger partial charge < -0.3 is 30.9 Å². The Balaban J connectivity index is 1.90. The van der Waals surface area contributed by atoms with Gasteiger partial charge in [0.05, 0.1) is 37.8 Å². The number of para-hydroxylation sites is 2. The Morgan fingerprint density at radius 2 is 1.75 bits per heavy atom. The molecule has 5 N–H and O–H groups in total. The number of carbonyl (C=O) groups is 1. The standard InChI is InChI=1S/C13H21N3O4/c14-11-3-1-2-4-12(11)15-5-7-19-9-10-20-8-6-16-13(17)18/h1-4,15-16H,5-10,14H2,(H,17,18). The molecule has 0 atom stereocenters. The number of hydrogen-bond donors (Lipinski definition) is 4. The van der Waals surface area contributed by atoms with Crippen LogP contribution in [0.4, 0.5) is 16.2 Å². The molecule has 0 unspecified atom stereocenters. The van der Waals surface area contributed by atoms with Crippen LogP contribution in [0.2, 0.25) is 0 Å². The van der Waals surface area contributed by atoms with E-state index >= 15 is 0 Å². The number of benzene rings is 1. The number of hydrogen-bond acceptors (Lipinski definition) is 5. The van der Waals surface area contributed by atoms with Crippen molar-refractivity contribution in [3.63, 3.8) is 0 Å². The van der Waals surface area contributed by atoms with E-state index in [1.54, 1.807) is 0 Å². The highest BCUT2D eigenvalue weighted by molar-refractivity contribution is 5.65. The van der Waals surface area contributed by atoms with Crippen molar-refractivity contribution in [2.45, 2.75) is 0 Å². The zero-order chi connectivity index (χ0) is 14.6. The molecule has 1 amide bonds. The number of rotatable bonds is 10. The second kappa shape index (κ2) is 9.88. The van der Waals surface area contributed by atoms with E-state index in [-0.39, 0.29) is 6.54 Å². The summed E-state index contributed by atoms with van der Waals surface area (Å²) in [7, 11) is 0. The number of nitrogen functional groups attached to an aromatic ring is 1. The van der Waals surface area contributed by atoms with Gasteiger partial charge in [-0.2, -0.15) is 0 Å². The van der Waals surface area contributed by atoms with E-state index in [9.17, 15) is 4.79 Å². The molecule has 0 saturated heterocycles. The van der Waals surface area contributed by atoms with Crippen molar-refractivity contribution in [3.05, 3.63) is 24.3 Å². The lowest BCUT2D eigenvalue weighted by atomic mass is 10.3. The topological polar surface area (TPSA) is 106 Å². The zero-order valence-corrected chi connectivity index (χ0v) is 11.3. The number of carboxylic acid groups (broad SMARTS) is 1. The summed E-state index contributed by atoms with van der Waals surface area (Å²) in [5, 5.41) is 13.7. The minimum absolute atomic E-state index is 0.282. The Bertz CT molecular complexity index is 401. The van der Waals surface area contributed by atoms with E-state index in [0.29, 0.717) is 38.7 Å². The maximum atomic E-state index is 10.1. The van der Waals surface area contributed by atoms with E-state index in [2.05, 4.69) is 10.6 Å². The van der Waals surface area contributed by atoms with E-state index in [4.69, 9.17) is 20.3 Å². The molecule has 0 aliphatic rings. The average Bonchev–Trinajstić information content (AvgIpc) is 2.42. The first kappa shape index (κ1) is 16.1. The zero-order valence-electron chi connectivity index (χ0n) is 11.3. The van der Waals surface area contributed by atoms with Gasteiger partial charge in [0.25, 0.3) is 0 Å². The van der Waals surface area contributed by atoms with Crippen LogP contribution in [0, 0.1) is 0 Å². The van der Waals surface area contributed by atoms with E-state index < -0.39 is 6.09 Å². The highest BCUT2D eigenvalue weighted by Gasteiger charge is 1.96. The molecule has 0 spiro atoms. The van der Waals surface area contributed by atoms with Crippen molar-refractivity contribution in [3.8, 4) is 0 Å². The van der Waals surface area contributed by atoms with E-state index in [0.717, 1.165) is 5.69 Å². The molecule has 7 nitrogen and oxygen atoms in total. The van der Waals surface area contributed by atoms with Gasteiger partial charge in [-0.25, -0.2) is 4.79 Å². The van der Waals surface area contributed by atoms with Crippen LogP contribution < -0.4 is 16.4 Å². The molecule has 0 aliphatic heterocycles. The fraction of sp³-hybridized carbons (Fsp3) is 0.462. The van der Waals surface area contributed by atoms with Crippen LogP contribution in [0.25, 0.3) is 0 Å². The summed E-state index contributed by atoms with van der Waals surface area (Å²) in [5.41, 5.74) is 7.39. The van der Waals surface area contributed by atoms with Gasteiger partial charge in [0.15, 0.2) is 0 Å². The third kappa shape index (κ3) is 7.45. The lowest BCUT2D eigenvalue weighted by molar-refractivity contribution is 0.0527. The molecule has 112 valence electrons. The van der Waals surface area contributed by atoms with Crippen LogP contribution in [0.15, 0.2) is 24.3 Å². The van der Waals surface area contributed by atoms with Crippen molar-refractivity contribution < 1.29 is 19.4 Å². The highest BCUT2D eigenvalue weighted by Crippen LogP contribution is 2.15. The number of nitrogens with two attached hydrogens (primary N) is 1. The third-order valence-corrected chi connectivity index (χ3v) is 2.42. The molecule has 7 heteroatoms. The minimum atomic E-state index is -1.05. The Morgan fingerprint density at radius 1 is 1.10 bits per heavy atom. The Hall–Kier alpha value is -1.99. The molecule has 0 aromatic heterocycles. The summed E-state index contributed by atoms with van der Waals surface area (Å²) in [6.45, 7) is 2.74. The summed E-state index contributed by atoms with van der Waals surface area (Å²) in [4.78, 5) is 10.1. The second-order valence-electron chi connectivity index (χ2n) is 3.97. The van der Waals surface area contributed by atoms with Gasteiger partial charge in [0.1, 0.15) is 0 Å². The molecule has 0 aliphatic carbocycles. The van der Waals surface area contributed by atoms with Crippen LogP contribution >= 0.6 is 0 Å². The van der Waals surface area contributed by atoms with Gasteiger partial charge in [-0.05, 0) is 12.1 Å². The van der Waals surface area contributed by atoms with Crippen LogP contribution in [0.3, 0.4) is 0 Å². The molecule has 0 heterocycles. The normalized spacial score (nSPS) is 10.2. The minimum Gasteiger partial charge on any atom is -0.465 e. The highest BCUT2D eigenvalue weighted by atomic mass is 16.5. The van der Waals surface area contributed by atoms with Gasteiger partial charge in [-0.3, -0.25) is 0 Å². The van der Waals surface area contributed by atoms with Crippen LogP contribution in [0.5, 0.6) is 0 Å². The van der Waals surface area contributed by atoms with E-state index in [1.165, 1.54) is 0 Å². The largest absolute Gasteiger partial charge is 0.465 e. The fourth-order valence-corrected chi connectivity index (χ4v) is 1.47. The third-order valence-electron chi connectivity index (χ3n) is 2.42. The molecule has 0 bridgehead atoms.